The summed E-state index contributed by atoms with van der Waals surface area (Å²) in [6, 6.07) is 22.3. The summed E-state index contributed by atoms with van der Waals surface area (Å²) >= 11 is 0. The van der Waals surface area contributed by atoms with Crippen LogP contribution in [0.2, 0.25) is 0 Å². The van der Waals surface area contributed by atoms with Gasteiger partial charge in [-0.25, -0.2) is 4.79 Å². The lowest BCUT2D eigenvalue weighted by Crippen LogP contribution is -2.16. The van der Waals surface area contributed by atoms with Gasteiger partial charge < -0.3 is 14.8 Å². The van der Waals surface area contributed by atoms with E-state index < -0.39 is 5.97 Å². The minimum absolute atomic E-state index is 0.162. The van der Waals surface area contributed by atoms with Gasteiger partial charge in [-0.2, -0.15) is 0 Å². The minimum Gasteiger partial charge on any atom is -0.497 e. The number of para-hydroxylation sites is 1. The third-order valence-corrected chi connectivity index (χ3v) is 4.71. The number of carbonyl (C=O) groups excluding carboxylic acids is 2. The Labute approximate surface area is 176 Å². The molecule has 154 valence electrons. The summed E-state index contributed by atoms with van der Waals surface area (Å²) in [5.41, 5.74) is 3.88. The van der Waals surface area contributed by atoms with Crippen molar-refractivity contribution in [3.63, 3.8) is 0 Å². The molecule has 0 spiro atoms. The van der Waals surface area contributed by atoms with Gasteiger partial charge in [0.1, 0.15) is 12.4 Å². The van der Waals surface area contributed by atoms with Crippen molar-refractivity contribution in [2.24, 2.45) is 0 Å². The number of nitrogens with one attached hydrogen (secondary N) is 1. The van der Waals surface area contributed by atoms with Gasteiger partial charge in [0.05, 0.1) is 18.4 Å². The molecule has 0 unspecified atom stereocenters. The van der Waals surface area contributed by atoms with Crippen molar-refractivity contribution >= 4 is 17.6 Å². The molecule has 0 aliphatic rings. The first-order valence-electron chi connectivity index (χ1n) is 9.79. The molecule has 0 bridgehead atoms. The zero-order chi connectivity index (χ0) is 21.3. The smallest absolute Gasteiger partial charge is 0.340 e. The zero-order valence-corrected chi connectivity index (χ0v) is 17.2. The Morgan fingerprint density at radius 1 is 0.867 bits per heavy atom. The molecule has 0 radical (unpaired) electrons. The molecule has 0 aromatic heterocycles. The maximum atomic E-state index is 12.5. The predicted molar refractivity (Wildman–Crippen MR) is 117 cm³/mol. The van der Waals surface area contributed by atoms with E-state index in [4.69, 9.17) is 9.47 Å². The van der Waals surface area contributed by atoms with E-state index in [-0.39, 0.29) is 12.5 Å². The van der Waals surface area contributed by atoms with Crippen molar-refractivity contribution in [3.05, 3.63) is 95.1 Å². The molecule has 5 nitrogen and oxygen atoms in total. The summed E-state index contributed by atoms with van der Waals surface area (Å²) < 4.78 is 10.6. The van der Waals surface area contributed by atoms with Crippen molar-refractivity contribution in [1.82, 2.24) is 0 Å². The number of ether oxygens (including phenoxy) is 2. The molecule has 0 heterocycles. The summed E-state index contributed by atoms with van der Waals surface area (Å²) in [5, 5.41) is 2.83. The Morgan fingerprint density at radius 2 is 1.53 bits per heavy atom. The first kappa shape index (κ1) is 21.1. The molecule has 30 heavy (non-hydrogen) atoms. The van der Waals surface area contributed by atoms with Gasteiger partial charge in [0.15, 0.2) is 0 Å². The van der Waals surface area contributed by atoms with Crippen LogP contribution in [0.15, 0.2) is 72.8 Å². The summed E-state index contributed by atoms with van der Waals surface area (Å²) in [6.07, 6.45) is 0.898. The number of methoxy groups -OCH3 is 1. The van der Waals surface area contributed by atoms with E-state index in [1.54, 1.807) is 31.4 Å². The number of amides is 1. The fraction of sp³-hybridized carbons (Fsp3) is 0.200. The van der Waals surface area contributed by atoms with Gasteiger partial charge in [-0.05, 0) is 48.7 Å². The molecule has 3 rings (SSSR count). The lowest BCUT2D eigenvalue weighted by molar-refractivity contribution is -0.116. The number of anilines is 1. The van der Waals surface area contributed by atoms with Gasteiger partial charge in [-0.3, -0.25) is 4.79 Å². The monoisotopic (exact) mass is 403 g/mol. The summed E-state index contributed by atoms with van der Waals surface area (Å²) in [4.78, 5) is 24.9. The van der Waals surface area contributed by atoms with Crippen molar-refractivity contribution in [3.8, 4) is 5.75 Å². The van der Waals surface area contributed by atoms with Crippen LogP contribution >= 0.6 is 0 Å². The highest BCUT2D eigenvalue weighted by Gasteiger charge is 2.14. The maximum Gasteiger partial charge on any atom is 0.340 e. The van der Waals surface area contributed by atoms with Crippen LogP contribution in [0.3, 0.4) is 0 Å². The van der Waals surface area contributed by atoms with Crippen LogP contribution in [0.4, 0.5) is 5.69 Å². The highest BCUT2D eigenvalue weighted by Crippen LogP contribution is 2.18. The van der Waals surface area contributed by atoms with Crippen molar-refractivity contribution in [2.75, 3.05) is 12.4 Å². The molecular weight excluding hydrogens is 378 g/mol. The number of carbonyl (C=O) groups is 2. The fourth-order valence-corrected chi connectivity index (χ4v) is 2.94. The first-order chi connectivity index (χ1) is 14.5. The Kier molecular flexibility index (Phi) is 7.22. The molecule has 0 aliphatic carbocycles. The van der Waals surface area contributed by atoms with E-state index in [1.165, 1.54) is 0 Å². The van der Waals surface area contributed by atoms with Gasteiger partial charge in [0, 0.05) is 6.42 Å². The highest BCUT2D eigenvalue weighted by atomic mass is 16.5. The lowest BCUT2D eigenvalue weighted by atomic mass is 10.1. The van der Waals surface area contributed by atoms with Gasteiger partial charge in [0.25, 0.3) is 0 Å². The van der Waals surface area contributed by atoms with Crippen LogP contribution < -0.4 is 10.1 Å². The Morgan fingerprint density at radius 3 is 2.23 bits per heavy atom. The summed E-state index contributed by atoms with van der Waals surface area (Å²) in [7, 11) is 1.62. The quantitative estimate of drug-likeness (QED) is 0.542. The van der Waals surface area contributed by atoms with E-state index in [9.17, 15) is 9.59 Å². The molecule has 3 aromatic carbocycles. The van der Waals surface area contributed by atoms with Gasteiger partial charge in [-0.1, -0.05) is 54.1 Å². The van der Waals surface area contributed by atoms with Crippen molar-refractivity contribution < 1.29 is 19.1 Å². The maximum absolute atomic E-state index is 12.5. The SMILES string of the molecule is COc1ccc(CCC(=O)Nc2ccccc2C(=O)OCc2ccc(C)cc2)cc1. The molecule has 0 saturated heterocycles. The molecule has 0 atom stereocenters. The van der Waals surface area contributed by atoms with Gasteiger partial charge in [0.2, 0.25) is 5.91 Å². The number of hydrogen-bond donors (Lipinski definition) is 1. The molecule has 1 N–H and O–H groups in total. The molecule has 0 fully saturated rings. The second kappa shape index (κ2) is 10.3. The Bertz CT molecular complexity index is 994. The number of benzene rings is 3. The number of esters is 1. The number of hydrogen-bond acceptors (Lipinski definition) is 4. The topological polar surface area (TPSA) is 64.6 Å². The standard InChI is InChI=1S/C25H25NO4/c1-18-7-9-20(10-8-18)17-30-25(28)22-5-3-4-6-23(22)26-24(27)16-13-19-11-14-21(29-2)15-12-19/h3-12,14-15H,13,16-17H2,1-2H3,(H,26,27). The average Bonchev–Trinajstić information content (AvgIpc) is 2.78. The average molecular weight is 403 g/mol. The van der Waals surface area contributed by atoms with Crippen LogP contribution in [-0.4, -0.2) is 19.0 Å². The van der Waals surface area contributed by atoms with Crippen molar-refractivity contribution in [1.29, 1.82) is 0 Å². The van der Waals surface area contributed by atoms with Crippen LogP contribution in [0.25, 0.3) is 0 Å². The van der Waals surface area contributed by atoms with Crippen LogP contribution in [-0.2, 0) is 22.6 Å². The third-order valence-electron chi connectivity index (χ3n) is 4.71. The molecule has 5 heteroatoms. The molecule has 1 amide bonds. The molecule has 3 aromatic rings. The minimum atomic E-state index is -0.471. The first-order valence-corrected chi connectivity index (χ1v) is 9.79. The van der Waals surface area contributed by atoms with E-state index >= 15 is 0 Å². The largest absolute Gasteiger partial charge is 0.497 e. The van der Waals surface area contributed by atoms with Gasteiger partial charge >= 0.3 is 5.97 Å². The molecular formula is C25H25NO4. The Balaban J connectivity index is 1.57. The second-order valence-corrected chi connectivity index (χ2v) is 7.00. The number of aryl methyl sites for hydroxylation is 2. The highest BCUT2D eigenvalue weighted by molar-refractivity contribution is 6.01. The zero-order valence-electron chi connectivity index (χ0n) is 17.2. The van der Waals surface area contributed by atoms with Crippen LogP contribution in [0, 0.1) is 6.92 Å². The Hall–Kier alpha value is -3.60. The summed E-state index contributed by atoms with van der Waals surface area (Å²) in [6.45, 7) is 2.18. The van der Waals surface area contributed by atoms with E-state index in [1.807, 2.05) is 55.5 Å². The van der Waals surface area contributed by atoms with E-state index in [2.05, 4.69) is 5.32 Å². The third kappa shape index (κ3) is 5.95. The van der Waals surface area contributed by atoms with Crippen molar-refractivity contribution in [2.45, 2.75) is 26.4 Å². The second-order valence-electron chi connectivity index (χ2n) is 7.00. The van der Waals surface area contributed by atoms with Crippen LogP contribution in [0.5, 0.6) is 5.75 Å². The molecule has 0 aliphatic heterocycles. The number of rotatable bonds is 8. The van der Waals surface area contributed by atoms with Gasteiger partial charge in [-0.15, -0.1) is 0 Å². The van der Waals surface area contributed by atoms with E-state index in [0.717, 1.165) is 22.4 Å². The predicted octanol–water partition coefficient (Wildman–Crippen LogP) is 4.93. The fourth-order valence-electron chi connectivity index (χ4n) is 2.94. The lowest BCUT2D eigenvalue weighted by Gasteiger charge is -2.11. The van der Waals surface area contributed by atoms with E-state index in [0.29, 0.717) is 24.1 Å². The molecule has 0 saturated carbocycles. The van der Waals surface area contributed by atoms with Crippen LogP contribution in [0.1, 0.15) is 33.5 Å². The summed E-state index contributed by atoms with van der Waals surface area (Å²) in [5.74, 6) is 0.146. The normalized spacial score (nSPS) is 10.3.